The molecule has 59 heavy (non-hydrogen) atoms. The molecular formula is C53H36N6. The van der Waals surface area contributed by atoms with Crippen LogP contribution in [0.2, 0.25) is 0 Å². The third-order valence-electron chi connectivity index (χ3n) is 11.2. The number of hydrogen-bond acceptors (Lipinski definition) is 6. The van der Waals surface area contributed by atoms with Crippen molar-refractivity contribution in [3.05, 3.63) is 199 Å². The summed E-state index contributed by atoms with van der Waals surface area (Å²) >= 11 is 0. The molecule has 0 unspecified atom stereocenters. The van der Waals surface area contributed by atoms with Gasteiger partial charge in [0.05, 0.1) is 23.0 Å². The van der Waals surface area contributed by atoms with Crippen molar-refractivity contribution >= 4 is 0 Å². The summed E-state index contributed by atoms with van der Waals surface area (Å²) in [5.74, 6) is 1.78. The standard InChI is InChI=1S/C53H36N6/c1-53(2)46-25-34(33-54)19-21-44(46)45-22-20-37(32-47(45)53)38-26-39(40-27-41(48-17-9-11-23-55-48)31-42(28-40)49-18-10-12-24-56-49)30-43(29-38)52-58-50(35-13-5-3-6-14-35)57-51(59-52)36-15-7-4-8-16-36/h3-32H,1-2H3. The van der Waals surface area contributed by atoms with Crippen LogP contribution < -0.4 is 0 Å². The van der Waals surface area contributed by atoms with Crippen LogP contribution in [0.3, 0.4) is 0 Å². The Labute approximate surface area is 343 Å². The molecule has 0 atom stereocenters. The molecule has 6 nitrogen and oxygen atoms in total. The van der Waals surface area contributed by atoms with Gasteiger partial charge in [0.2, 0.25) is 0 Å². The zero-order valence-corrected chi connectivity index (χ0v) is 32.5. The number of fused-ring (bicyclic) bond motifs is 3. The first-order valence-corrected chi connectivity index (χ1v) is 19.6. The summed E-state index contributed by atoms with van der Waals surface area (Å²) < 4.78 is 0. The highest BCUT2D eigenvalue weighted by Gasteiger charge is 2.36. The molecule has 1 aliphatic rings. The van der Waals surface area contributed by atoms with E-state index >= 15 is 0 Å². The quantitative estimate of drug-likeness (QED) is 0.161. The van der Waals surface area contributed by atoms with Crippen molar-refractivity contribution in [3.63, 3.8) is 0 Å². The number of rotatable bonds is 7. The van der Waals surface area contributed by atoms with Crippen molar-refractivity contribution in [2.75, 3.05) is 0 Å². The van der Waals surface area contributed by atoms with Crippen molar-refractivity contribution in [3.8, 4) is 96.1 Å². The molecule has 0 aliphatic heterocycles. The van der Waals surface area contributed by atoms with E-state index in [-0.39, 0.29) is 5.41 Å². The minimum atomic E-state index is -0.300. The molecule has 0 spiro atoms. The van der Waals surface area contributed by atoms with Crippen molar-refractivity contribution in [2.24, 2.45) is 0 Å². The van der Waals surface area contributed by atoms with Crippen LogP contribution >= 0.6 is 0 Å². The van der Waals surface area contributed by atoms with Gasteiger partial charge in [-0.05, 0) is 123 Å². The largest absolute Gasteiger partial charge is 0.256 e. The zero-order valence-electron chi connectivity index (χ0n) is 32.5. The summed E-state index contributed by atoms with van der Waals surface area (Å²) in [7, 11) is 0. The van der Waals surface area contributed by atoms with Crippen molar-refractivity contribution < 1.29 is 0 Å². The summed E-state index contributed by atoms with van der Waals surface area (Å²) in [6, 6.07) is 60.4. The summed E-state index contributed by atoms with van der Waals surface area (Å²) in [4.78, 5) is 24.8. The van der Waals surface area contributed by atoms with Gasteiger partial charge in [-0.1, -0.05) is 105 Å². The van der Waals surface area contributed by atoms with Crippen LogP contribution in [-0.2, 0) is 5.41 Å². The summed E-state index contributed by atoms with van der Waals surface area (Å²) in [6.07, 6.45) is 3.65. The number of aromatic nitrogens is 5. The second-order valence-electron chi connectivity index (χ2n) is 15.3. The molecule has 6 aromatic carbocycles. The molecule has 0 radical (unpaired) electrons. The number of nitriles is 1. The predicted molar refractivity (Wildman–Crippen MR) is 236 cm³/mol. The van der Waals surface area contributed by atoms with Crippen molar-refractivity contribution in [2.45, 2.75) is 19.3 Å². The maximum absolute atomic E-state index is 9.75. The maximum Gasteiger partial charge on any atom is 0.164 e. The molecule has 9 aromatic rings. The van der Waals surface area contributed by atoms with E-state index in [9.17, 15) is 5.26 Å². The third kappa shape index (κ3) is 6.65. The Kier molecular flexibility index (Phi) is 8.77. The smallest absolute Gasteiger partial charge is 0.164 e. The van der Waals surface area contributed by atoms with Gasteiger partial charge in [-0.15, -0.1) is 0 Å². The van der Waals surface area contributed by atoms with Gasteiger partial charge < -0.3 is 0 Å². The van der Waals surface area contributed by atoms with E-state index in [1.807, 2.05) is 122 Å². The van der Waals surface area contributed by atoms with Gasteiger partial charge >= 0.3 is 0 Å². The van der Waals surface area contributed by atoms with Gasteiger partial charge in [0, 0.05) is 45.6 Å². The zero-order chi connectivity index (χ0) is 39.9. The lowest BCUT2D eigenvalue weighted by Crippen LogP contribution is -2.15. The van der Waals surface area contributed by atoms with Gasteiger partial charge in [-0.2, -0.15) is 5.26 Å². The van der Waals surface area contributed by atoms with Gasteiger partial charge in [-0.25, -0.2) is 15.0 Å². The van der Waals surface area contributed by atoms with Crippen molar-refractivity contribution in [1.82, 2.24) is 24.9 Å². The van der Waals surface area contributed by atoms with Crippen LogP contribution in [0.4, 0.5) is 0 Å². The van der Waals surface area contributed by atoms with E-state index in [0.717, 1.165) is 61.5 Å². The summed E-state index contributed by atoms with van der Waals surface area (Å²) in [5.41, 5.74) is 15.6. The molecule has 278 valence electrons. The summed E-state index contributed by atoms with van der Waals surface area (Å²) in [5, 5.41) is 9.75. The topological polar surface area (TPSA) is 88.2 Å². The van der Waals surface area contributed by atoms with Crippen LogP contribution in [0.5, 0.6) is 0 Å². The van der Waals surface area contributed by atoms with Gasteiger partial charge in [0.25, 0.3) is 0 Å². The minimum absolute atomic E-state index is 0.300. The average Bonchev–Trinajstić information content (AvgIpc) is 3.54. The fraction of sp³-hybridized carbons (Fsp3) is 0.0566. The molecule has 3 heterocycles. The van der Waals surface area contributed by atoms with Crippen LogP contribution in [0, 0.1) is 11.3 Å². The highest BCUT2D eigenvalue weighted by molar-refractivity contribution is 5.88. The van der Waals surface area contributed by atoms with E-state index in [1.54, 1.807) is 0 Å². The second-order valence-corrected chi connectivity index (χ2v) is 15.3. The third-order valence-corrected chi connectivity index (χ3v) is 11.2. The van der Waals surface area contributed by atoms with E-state index in [2.05, 4.69) is 80.6 Å². The number of benzene rings is 6. The lowest BCUT2D eigenvalue weighted by Gasteiger charge is -2.22. The van der Waals surface area contributed by atoms with Crippen LogP contribution in [0.25, 0.3) is 90.1 Å². The Balaban J connectivity index is 1.21. The molecule has 0 fully saturated rings. The molecule has 0 saturated carbocycles. The normalized spacial score (nSPS) is 12.4. The average molecular weight is 757 g/mol. The number of pyridine rings is 2. The van der Waals surface area contributed by atoms with Gasteiger partial charge in [-0.3, -0.25) is 9.97 Å². The van der Waals surface area contributed by atoms with Gasteiger partial charge in [0.15, 0.2) is 17.5 Å². The van der Waals surface area contributed by atoms with E-state index in [0.29, 0.717) is 23.0 Å². The SMILES string of the molecule is CC1(C)c2cc(C#N)ccc2-c2ccc(-c3cc(-c4cc(-c5ccccn5)cc(-c5ccccn5)c4)cc(-c4nc(-c5ccccc5)nc(-c5ccccc5)n4)c3)cc21. The van der Waals surface area contributed by atoms with Crippen LogP contribution in [0.15, 0.2) is 182 Å². The highest BCUT2D eigenvalue weighted by atomic mass is 15.0. The first-order valence-electron chi connectivity index (χ1n) is 19.6. The Morgan fingerprint density at radius 2 is 0.831 bits per heavy atom. The molecule has 0 saturated heterocycles. The molecule has 0 amide bonds. The molecule has 3 aromatic heterocycles. The molecule has 10 rings (SSSR count). The lowest BCUT2D eigenvalue weighted by atomic mass is 9.81. The van der Waals surface area contributed by atoms with E-state index < -0.39 is 0 Å². The van der Waals surface area contributed by atoms with E-state index in [4.69, 9.17) is 24.9 Å². The van der Waals surface area contributed by atoms with Crippen molar-refractivity contribution in [1.29, 1.82) is 5.26 Å². The number of nitrogens with zero attached hydrogens (tertiary/aromatic N) is 6. The van der Waals surface area contributed by atoms with Crippen LogP contribution in [-0.4, -0.2) is 24.9 Å². The van der Waals surface area contributed by atoms with Gasteiger partial charge in [0.1, 0.15) is 0 Å². The van der Waals surface area contributed by atoms with Crippen LogP contribution in [0.1, 0.15) is 30.5 Å². The molecule has 0 N–H and O–H groups in total. The highest BCUT2D eigenvalue weighted by Crippen LogP contribution is 2.50. The van der Waals surface area contributed by atoms with E-state index in [1.165, 1.54) is 22.3 Å². The molecule has 6 heteroatoms. The lowest BCUT2D eigenvalue weighted by molar-refractivity contribution is 0.660. The monoisotopic (exact) mass is 756 g/mol. The summed E-state index contributed by atoms with van der Waals surface area (Å²) in [6.45, 7) is 4.49. The first kappa shape index (κ1) is 35.5. The Hall–Kier alpha value is -7.88. The minimum Gasteiger partial charge on any atom is -0.256 e. The Morgan fingerprint density at radius 1 is 0.390 bits per heavy atom. The molecule has 0 bridgehead atoms. The fourth-order valence-corrected chi connectivity index (χ4v) is 8.17. The molecular weight excluding hydrogens is 721 g/mol. The second kappa shape index (κ2) is 14.6. The first-order chi connectivity index (χ1) is 28.9. The molecule has 1 aliphatic carbocycles. The Bertz CT molecular complexity index is 2800. The number of hydrogen-bond donors (Lipinski definition) is 0. The fourth-order valence-electron chi connectivity index (χ4n) is 8.17. The maximum atomic E-state index is 9.75. The predicted octanol–water partition coefficient (Wildman–Crippen LogP) is 12.5. The Morgan fingerprint density at radius 3 is 1.36 bits per heavy atom.